The zero-order valence-electron chi connectivity index (χ0n) is 15.7. The molecule has 0 unspecified atom stereocenters. The highest BCUT2D eigenvalue weighted by atomic mass is 16.4. The molecule has 1 aromatic heterocycles. The molecule has 0 saturated heterocycles. The molecule has 0 radical (unpaired) electrons. The minimum atomic E-state index is -2.64. The van der Waals surface area contributed by atoms with Crippen molar-refractivity contribution in [2.24, 2.45) is 0 Å². The molecule has 3 heteroatoms. The van der Waals surface area contributed by atoms with Crippen LogP contribution in [-0.2, 0) is 6.42 Å². The number of aryl methyl sites for hydroxylation is 1. The van der Waals surface area contributed by atoms with Gasteiger partial charge in [0.15, 0.2) is 0 Å². The van der Waals surface area contributed by atoms with E-state index in [0.717, 1.165) is 0 Å². The quantitative estimate of drug-likeness (QED) is 0.846. The molecule has 0 amide bonds. The summed E-state index contributed by atoms with van der Waals surface area (Å²) in [6.07, 6.45) is -0.0874. The average molecular weight is 211 g/mol. The molecule has 0 atom stereocenters. The molecule has 15 heavy (non-hydrogen) atoms. The van der Waals surface area contributed by atoms with Crippen LogP contribution in [0.1, 0.15) is 22.4 Å². The van der Waals surface area contributed by atoms with E-state index in [1.54, 1.807) is 0 Å². The third kappa shape index (κ3) is 2.07. The second kappa shape index (κ2) is 4.28. The van der Waals surface area contributed by atoms with Crippen LogP contribution in [0.3, 0.4) is 0 Å². The lowest BCUT2D eigenvalue weighted by atomic mass is 10.2. The smallest absolute Gasteiger partial charge is 0.226 e. The van der Waals surface area contributed by atoms with Gasteiger partial charge in [-0.15, -0.1) is 0 Å². The molecule has 0 spiro atoms. The van der Waals surface area contributed by atoms with Crippen molar-refractivity contribution in [3.8, 4) is 11.5 Å². The SMILES string of the molecule is [2H]c1c([2H])c([2H])c(-c2nc(CCO)c(C([2H])([2H])[2H])o2)c([2H])c1[2H]. The summed E-state index contributed by atoms with van der Waals surface area (Å²) in [7, 11) is 0. The molecule has 0 aliphatic rings. The minimum Gasteiger partial charge on any atom is -0.441 e. The standard InChI is InChI=1S/C12H13NO2/c1-9-11(7-8-14)13-12(15-9)10-5-3-2-4-6-10/h2-6,14H,7-8H2,1H3/i1D3,2D,3D,4D,5D,6D. The van der Waals surface area contributed by atoms with Crippen LogP contribution in [0.2, 0.25) is 0 Å². The average Bonchev–Trinajstić information content (AvgIpc) is 2.87. The Labute approximate surface area is 99.6 Å². The zero-order chi connectivity index (χ0) is 17.5. The van der Waals surface area contributed by atoms with Crippen molar-refractivity contribution in [1.82, 2.24) is 4.98 Å². The van der Waals surface area contributed by atoms with E-state index in [9.17, 15) is 0 Å². The Bertz CT molecular complexity index is 723. The Morgan fingerprint density at radius 1 is 1.47 bits per heavy atom. The van der Waals surface area contributed by atoms with Gasteiger partial charge in [-0.25, -0.2) is 4.98 Å². The van der Waals surface area contributed by atoms with E-state index < -0.39 is 42.8 Å². The van der Waals surface area contributed by atoms with Crippen LogP contribution < -0.4 is 0 Å². The van der Waals surface area contributed by atoms with Gasteiger partial charge in [0.25, 0.3) is 0 Å². The molecule has 2 rings (SSSR count). The van der Waals surface area contributed by atoms with E-state index in [2.05, 4.69) is 4.98 Å². The molecule has 0 saturated carbocycles. The summed E-state index contributed by atoms with van der Waals surface area (Å²) in [5, 5.41) is 9.00. The van der Waals surface area contributed by atoms with E-state index in [0.29, 0.717) is 0 Å². The van der Waals surface area contributed by atoms with Gasteiger partial charge >= 0.3 is 0 Å². The van der Waals surface area contributed by atoms with E-state index >= 15 is 0 Å². The number of hydrogen-bond acceptors (Lipinski definition) is 3. The summed E-state index contributed by atoms with van der Waals surface area (Å²) < 4.78 is 65.9. The number of benzene rings is 1. The van der Waals surface area contributed by atoms with Gasteiger partial charge in [-0.3, -0.25) is 0 Å². The summed E-state index contributed by atoms with van der Waals surface area (Å²) in [4.78, 5) is 3.92. The number of oxazole rings is 1. The maximum absolute atomic E-state index is 9.00. The fourth-order valence-electron chi connectivity index (χ4n) is 1.09. The fourth-order valence-corrected chi connectivity index (χ4v) is 1.09. The molecule has 0 fully saturated rings. The molecule has 1 N–H and O–H groups in total. The van der Waals surface area contributed by atoms with Crippen molar-refractivity contribution in [3.05, 3.63) is 41.7 Å². The molecule has 1 aromatic carbocycles. The highest BCUT2D eigenvalue weighted by Crippen LogP contribution is 2.21. The third-order valence-corrected chi connectivity index (χ3v) is 1.76. The highest BCUT2D eigenvalue weighted by Gasteiger charge is 2.09. The second-order valence-corrected chi connectivity index (χ2v) is 2.77. The van der Waals surface area contributed by atoms with Gasteiger partial charge in [0.05, 0.1) is 12.5 Å². The Morgan fingerprint density at radius 2 is 2.27 bits per heavy atom. The fraction of sp³-hybridized carbons (Fsp3) is 0.250. The second-order valence-electron chi connectivity index (χ2n) is 2.77. The lowest BCUT2D eigenvalue weighted by Crippen LogP contribution is -1.92. The van der Waals surface area contributed by atoms with Crippen LogP contribution in [0.25, 0.3) is 11.5 Å². The number of nitrogens with zero attached hydrogens (tertiary/aromatic N) is 1. The summed E-state index contributed by atoms with van der Waals surface area (Å²) in [6.45, 7) is -3.00. The Morgan fingerprint density at radius 3 is 2.93 bits per heavy atom. The molecule has 0 bridgehead atoms. The molecule has 3 nitrogen and oxygen atoms in total. The largest absolute Gasteiger partial charge is 0.441 e. The number of rotatable bonds is 3. The van der Waals surface area contributed by atoms with Crippen LogP contribution in [0, 0.1) is 6.85 Å². The van der Waals surface area contributed by atoms with Crippen LogP contribution in [0.4, 0.5) is 0 Å². The van der Waals surface area contributed by atoms with Crippen molar-refractivity contribution >= 4 is 0 Å². The van der Waals surface area contributed by atoms with Gasteiger partial charge < -0.3 is 9.52 Å². The minimum absolute atomic E-state index is 0.0330. The molecule has 2 aromatic rings. The van der Waals surface area contributed by atoms with Crippen molar-refractivity contribution < 1.29 is 20.5 Å². The van der Waals surface area contributed by atoms with Crippen LogP contribution in [0.5, 0.6) is 0 Å². The first-order valence-electron chi connectivity index (χ1n) is 8.28. The number of aromatic nitrogens is 1. The first kappa shape index (κ1) is 4.10. The third-order valence-electron chi connectivity index (χ3n) is 1.76. The number of aliphatic hydroxyl groups excluding tert-OH is 1. The van der Waals surface area contributed by atoms with E-state index in [4.69, 9.17) is 20.5 Å². The maximum Gasteiger partial charge on any atom is 0.226 e. The normalized spacial score (nSPS) is 19.0. The van der Waals surface area contributed by atoms with Crippen molar-refractivity contribution in [3.63, 3.8) is 0 Å². The van der Waals surface area contributed by atoms with Gasteiger partial charge in [-0.2, -0.15) is 0 Å². The molecular formula is C12H13NO2. The summed E-state index contributed by atoms with van der Waals surface area (Å²) >= 11 is 0. The monoisotopic (exact) mass is 211 g/mol. The number of hydrogen-bond donors (Lipinski definition) is 1. The zero-order valence-corrected chi connectivity index (χ0v) is 7.72. The highest BCUT2D eigenvalue weighted by molar-refractivity contribution is 5.53. The van der Waals surface area contributed by atoms with Gasteiger partial charge in [0.1, 0.15) is 5.76 Å². The lowest BCUT2D eigenvalue weighted by molar-refractivity contribution is 0.297. The lowest BCUT2D eigenvalue weighted by Gasteiger charge is -1.92. The van der Waals surface area contributed by atoms with Crippen LogP contribution in [0.15, 0.2) is 34.6 Å². The first-order chi connectivity index (χ1) is 10.6. The van der Waals surface area contributed by atoms with Crippen LogP contribution in [-0.4, -0.2) is 16.7 Å². The summed E-state index contributed by atoms with van der Waals surface area (Å²) in [6, 6.07) is -2.78. The molecule has 78 valence electrons. The van der Waals surface area contributed by atoms with Gasteiger partial charge in [-0.1, -0.05) is 18.1 Å². The summed E-state index contributed by atoms with van der Waals surface area (Å²) in [5.41, 5.74) is -0.347. The first-order valence-corrected chi connectivity index (χ1v) is 4.28. The van der Waals surface area contributed by atoms with Crippen LogP contribution >= 0.6 is 0 Å². The molecule has 0 aliphatic heterocycles. The van der Waals surface area contributed by atoms with Gasteiger partial charge in [0.2, 0.25) is 5.89 Å². The van der Waals surface area contributed by atoms with E-state index in [-0.39, 0.29) is 30.2 Å². The Kier molecular flexibility index (Phi) is 1.17. The predicted octanol–water partition coefficient (Wildman–Crippen LogP) is 2.18. The van der Waals surface area contributed by atoms with Crippen molar-refractivity contribution in [2.75, 3.05) is 6.61 Å². The van der Waals surface area contributed by atoms with Gasteiger partial charge in [-0.05, 0) is 18.9 Å². The molecule has 1 heterocycles. The number of aliphatic hydroxyl groups is 1. The summed E-state index contributed by atoms with van der Waals surface area (Å²) in [5.74, 6) is -0.843. The molecular weight excluding hydrogens is 190 g/mol. The van der Waals surface area contributed by atoms with Gasteiger partial charge in [0, 0.05) is 22.7 Å². The van der Waals surface area contributed by atoms with E-state index in [1.807, 2.05) is 0 Å². The van der Waals surface area contributed by atoms with E-state index in [1.165, 1.54) is 0 Å². The van der Waals surface area contributed by atoms with Crippen molar-refractivity contribution in [1.29, 1.82) is 0 Å². The molecule has 0 aliphatic carbocycles. The van der Waals surface area contributed by atoms with Crippen molar-refractivity contribution in [2.45, 2.75) is 13.3 Å². The Balaban J connectivity index is 2.74. The predicted molar refractivity (Wildman–Crippen MR) is 57.5 cm³/mol. The topological polar surface area (TPSA) is 46.3 Å². The maximum atomic E-state index is 9.00. The Hall–Kier alpha value is -1.61.